The number of aromatic nitrogens is 1. The minimum atomic E-state index is -0.350. The normalized spacial score (nSPS) is 14.7. The Bertz CT molecular complexity index is 902. The van der Waals surface area contributed by atoms with Crippen molar-refractivity contribution < 1.29 is 13.9 Å². The predicted octanol–water partition coefficient (Wildman–Crippen LogP) is 3.57. The van der Waals surface area contributed by atoms with Crippen LogP contribution in [0.2, 0.25) is 5.02 Å². The number of rotatable bonds is 3. The molecule has 2 aromatic heterocycles. The van der Waals surface area contributed by atoms with Gasteiger partial charge < -0.3 is 19.4 Å². The lowest BCUT2D eigenvalue weighted by atomic mass is 10.1. The molecule has 1 aliphatic rings. The lowest BCUT2D eigenvalue weighted by Crippen LogP contribution is -2.36. The number of halogens is 1. The second kappa shape index (κ2) is 6.74. The van der Waals surface area contributed by atoms with Gasteiger partial charge in [-0.2, -0.15) is 0 Å². The number of carbonyl (C=O) groups is 1. The van der Waals surface area contributed by atoms with E-state index in [1.807, 2.05) is 12.1 Å². The summed E-state index contributed by atoms with van der Waals surface area (Å²) in [5.41, 5.74) is 1.78. The molecule has 0 radical (unpaired) electrons. The second-order valence-electron chi connectivity index (χ2n) is 5.72. The molecular weight excluding hydrogens is 342 g/mol. The summed E-state index contributed by atoms with van der Waals surface area (Å²) in [6.45, 7) is 3.10. The number of furan rings is 1. The molecule has 3 aromatic rings. The Morgan fingerprint density at radius 1 is 1.16 bits per heavy atom. The van der Waals surface area contributed by atoms with E-state index in [-0.39, 0.29) is 5.91 Å². The van der Waals surface area contributed by atoms with Crippen molar-refractivity contribution in [1.82, 2.24) is 4.98 Å². The number of anilines is 2. The van der Waals surface area contributed by atoms with Crippen LogP contribution in [0.15, 0.2) is 47.2 Å². The standard InChI is InChI=1S/C18H16ClN3O3/c19-14-3-1-12-5-8-25-17(12)16(14)18(23)21-15-4-2-13(11-20-15)22-6-9-24-10-7-22/h1-5,8,11H,6-7,9-10H2,(H,20,21,23). The third-order valence-corrected chi connectivity index (χ3v) is 4.48. The highest BCUT2D eigenvalue weighted by molar-refractivity contribution is 6.36. The molecule has 1 saturated heterocycles. The zero-order valence-electron chi connectivity index (χ0n) is 13.4. The molecule has 0 bridgehead atoms. The number of morpholine rings is 1. The van der Waals surface area contributed by atoms with Crippen LogP contribution < -0.4 is 10.2 Å². The van der Waals surface area contributed by atoms with Gasteiger partial charge in [-0.25, -0.2) is 4.98 Å². The van der Waals surface area contributed by atoms with E-state index in [1.54, 1.807) is 24.4 Å². The maximum absolute atomic E-state index is 12.6. The number of fused-ring (bicyclic) bond motifs is 1. The van der Waals surface area contributed by atoms with Crippen LogP contribution in [-0.2, 0) is 4.74 Å². The molecule has 0 atom stereocenters. The number of ether oxygens (including phenoxy) is 1. The third-order valence-electron chi connectivity index (χ3n) is 4.16. The lowest BCUT2D eigenvalue weighted by molar-refractivity contribution is 0.102. The molecule has 7 heteroatoms. The first-order chi connectivity index (χ1) is 12.2. The zero-order chi connectivity index (χ0) is 17.2. The lowest BCUT2D eigenvalue weighted by Gasteiger charge is -2.28. The number of benzene rings is 1. The van der Waals surface area contributed by atoms with Crippen LogP contribution in [0.3, 0.4) is 0 Å². The fourth-order valence-electron chi connectivity index (χ4n) is 2.87. The topological polar surface area (TPSA) is 67.6 Å². The van der Waals surface area contributed by atoms with Crippen LogP contribution in [-0.4, -0.2) is 37.2 Å². The highest BCUT2D eigenvalue weighted by Crippen LogP contribution is 2.28. The van der Waals surface area contributed by atoms with Gasteiger partial charge in [0.15, 0.2) is 0 Å². The van der Waals surface area contributed by atoms with Gasteiger partial charge in [-0.1, -0.05) is 11.6 Å². The Morgan fingerprint density at radius 3 is 2.76 bits per heavy atom. The maximum Gasteiger partial charge on any atom is 0.262 e. The maximum atomic E-state index is 12.6. The van der Waals surface area contributed by atoms with Gasteiger partial charge in [0, 0.05) is 18.5 Å². The molecule has 1 amide bonds. The van der Waals surface area contributed by atoms with E-state index in [4.69, 9.17) is 20.8 Å². The molecule has 6 nitrogen and oxygen atoms in total. The van der Waals surface area contributed by atoms with Gasteiger partial charge in [0.2, 0.25) is 0 Å². The third kappa shape index (κ3) is 3.18. The molecule has 0 aliphatic carbocycles. The van der Waals surface area contributed by atoms with Crippen molar-refractivity contribution in [3.05, 3.63) is 53.4 Å². The van der Waals surface area contributed by atoms with Crippen molar-refractivity contribution in [3.63, 3.8) is 0 Å². The van der Waals surface area contributed by atoms with Crippen LogP contribution in [0.25, 0.3) is 11.0 Å². The number of pyridine rings is 1. The van der Waals surface area contributed by atoms with Gasteiger partial charge >= 0.3 is 0 Å². The average molecular weight is 358 g/mol. The van der Waals surface area contributed by atoms with Crippen LogP contribution in [0, 0.1) is 0 Å². The summed E-state index contributed by atoms with van der Waals surface area (Å²) in [6, 6.07) is 9.00. The summed E-state index contributed by atoms with van der Waals surface area (Å²) in [5, 5.41) is 3.94. The van der Waals surface area contributed by atoms with Crippen LogP contribution in [0.5, 0.6) is 0 Å². The molecule has 1 aromatic carbocycles. The first kappa shape index (κ1) is 15.9. The largest absolute Gasteiger partial charge is 0.463 e. The zero-order valence-corrected chi connectivity index (χ0v) is 14.1. The summed E-state index contributed by atoms with van der Waals surface area (Å²) in [5.74, 6) is 0.110. The first-order valence-corrected chi connectivity index (χ1v) is 8.36. The van der Waals surface area contributed by atoms with Crippen LogP contribution in [0.4, 0.5) is 11.5 Å². The number of carbonyl (C=O) groups excluding carboxylic acids is 1. The van der Waals surface area contributed by atoms with Crippen molar-refractivity contribution >= 4 is 40.0 Å². The van der Waals surface area contributed by atoms with Crippen LogP contribution in [0.1, 0.15) is 10.4 Å². The molecule has 1 fully saturated rings. The number of nitrogens with zero attached hydrogens (tertiary/aromatic N) is 2. The van der Waals surface area contributed by atoms with Gasteiger partial charge in [-0.3, -0.25) is 4.79 Å². The van der Waals surface area contributed by atoms with Gasteiger partial charge in [0.05, 0.1) is 36.4 Å². The van der Waals surface area contributed by atoms with Gasteiger partial charge in [0.1, 0.15) is 17.0 Å². The molecule has 0 saturated carbocycles. The second-order valence-corrected chi connectivity index (χ2v) is 6.12. The van der Waals surface area contributed by atoms with Crippen molar-refractivity contribution in [2.45, 2.75) is 0 Å². The number of nitrogens with one attached hydrogen (secondary N) is 1. The van der Waals surface area contributed by atoms with Crippen LogP contribution >= 0.6 is 11.6 Å². The molecule has 128 valence electrons. The van der Waals surface area contributed by atoms with E-state index in [9.17, 15) is 4.79 Å². The molecule has 3 heterocycles. The highest BCUT2D eigenvalue weighted by atomic mass is 35.5. The van der Waals surface area contributed by atoms with Crippen molar-refractivity contribution in [1.29, 1.82) is 0 Å². The summed E-state index contributed by atoms with van der Waals surface area (Å²) in [6.07, 6.45) is 3.28. The summed E-state index contributed by atoms with van der Waals surface area (Å²) < 4.78 is 10.7. The van der Waals surface area contributed by atoms with E-state index < -0.39 is 0 Å². The highest BCUT2D eigenvalue weighted by Gasteiger charge is 2.18. The molecule has 0 unspecified atom stereocenters. The molecule has 1 N–H and O–H groups in total. The van der Waals surface area contributed by atoms with Gasteiger partial charge in [-0.15, -0.1) is 0 Å². The van der Waals surface area contributed by atoms with Crippen molar-refractivity contribution in [2.24, 2.45) is 0 Å². The number of amides is 1. The summed E-state index contributed by atoms with van der Waals surface area (Å²) in [7, 11) is 0. The smallest absolute Gasteiger partial charge is 0.262 e. The monoisotopic (exact) mass is 357 g/mol. The Morgan fingerprint density at radius 2 is 2.00 bits per heavy atom. The van der Waals surface area contributed by atoms with E-state index in [1.165, 1.54) is 6.26 Å². The fraction of sp³-hybridized carbons (Fsp3) is 0.222. The summed E-state index contributed by atoms with van der Waals surface area (Å²) >= 11 is 6.19. The minimum absolute atomic E-state index is 0.309. The molecule has 4 rings (SSSR count). The molecular formula is C18H16ClN3O3. The van der Waals surface area contributed by atoms with Gasteiger partial charge in [0.25, 0.3) is 5.91 Å². The number of hydrogen-bond donors (Lipinski definition) is 1. The Kier molecular flexibility index (Phi) is 4.29. The quantitative estimate of drug-likeness (QED) is 0.776. The Labute approximate surface area is 149 Å². The first-order valence-electron chi connectivity index (χ1n) is 7.98. The molecule has 0 spiro atoms. The Balaban J connectivity index is 1.54. The predicted molar refractivity (Wildman–Crippen MR) is 96.4 cm³/mol. The Hall–Kier alpha value is -2.57. The SMILES string of the molecule is O=C(Nc1ccc(N2CCOCC2)cn1)c1c(Cl)ccc2ccoc12. The van der Waals surface area contributed by atoms with Gasteiger partial charge in [-0.05, 0) is 30.3 Å². The van der Waals surface area contributed by atoms with Crippen molar-refractivity contribution in [3.8, 4) is 0 Å². The summed E-state index contributed by atoms with van der Waals surface area (Å²) in [4.78, 5) is 19.1. The number of hydrogen-bond acceptors (Lipinski definition) is 5. The van der Waals surface area contributed by atoms with E-state index in [0.29, 0.717) is 35.2 Å². The molecule has 1 aliphatic heterocycles. The van der Waals surface area contributed by atoms with E-state index >= 15 is 0 Å². The van der Waals surface area contributed by atoms with Crippen molar-refractivity contribution in [2.75, 3.05) is 36.5 Å². The molecule has 25 heavy (non-hydrogen) atoms. The fourth-order valence-corrected chi connectivity index (χ4v) is 3.10. The van der Waals surface area contributed by atoms with E-state index in [0.717, 1.165) is 24.2 Å². The van der Waals surface area contributed by atoms with E-state index in [2.05, 4.69) is 15.2 Å². The minimum Gasteiger partial charge on any atom is -0.463 e. The average Bonchev–Trinajstić information content (AvgIpc) is 3.11.